The Morgan fingerprint density at radius 3 is 2.85 bits per heavy atom. The summed E-state index contributed by atoms with van der Waals surface area (Å²) in [7, 11) is 0. The van der Waals surface area contributed by atoms with Gasteiger partial charge in [0.1, 0.15) is 5.75 Å². The van der Waals surface area contributed by atoms with Gasteiger partial charge in [0.15, 0.2) is 0 Å². The third kappa shape index (κ3) is 1.58. The van der Waals surface area contributed by atoms with Gasteiger partial charge in [0.2, 0.25) is 0 Å². The van der Waals surface area contributed by atoms with E-state index in [2.05, 4.69) is 28.9 Å². The molecule has 1 heterocycles. The van der Waals surface area contributed by atoms with Crippen molar-refractivity contribution in [3.63, 3.8) is 0 Å². The van der Waals surface area contributed by atoms with Crippen molar-refractivity contribution in [3.8, 4) is 5.75 Å². The van der Waals surface area contributed by atoms with Crippen LogP contribution in [0.2, 0.25) is 0 Å². The van der Waals surface area contributed by atoms with Gasteiger partial charge in [-0.15, -0.1) is 11.3 Å². The minimum absolute atomic E-state index is 0.385. The van der Waals surface area contributed by atoms with E-state index in [1.165, 1.54) is 4.88 Å². The summed E-state index contributed by atoms with van der Waals surface area (Å²) >= 11 is 5.09. The molecule has 0 bridgehead atoms. The fraction of sp³-hybridized carbons (Fsp3) is 0.200. The van der Waals surface area contributed by atoms with Crippen LogP contribution in [-0.4, -0.2) is 5.11 Å². The molecule has 0 fully saturated rings. The predicted molar refractivity (Wildman–Crippen MR) is 60.9 cm³/mol. The number of alkyl halides is 1. The van der Waals surface area contributed by atoms with Gasteiger partial charge in [0, 0.05) is 20.3 Å². The Morgan fingerprint density at radius 2 is 2.15 bits per heavy atom. The molecular weight excluding hydrogens is 248 g/mol. The maximum atomic E-state index is 9.68. The lowest BCUT2D eigenvalue weighted by atomic mass is 10.2. The van der Waals surface area contributed by atoms with Gasteiger partial charge >= 0.3 is 0 Å². The van der Waals surface area contributed by atoms with Crippen LogP contribution in [0.4, 0.5) is 0 Å². The molecule has 0 saturated carbocycles. The van der Waals surface area contributed by atoms with Gasteiger partial charge in [0.05, 0.1) is 0 Å². The Labute approximate surface area is 89.1 Å². The molecule has 1 aromatic carbocycles. The summed E-state index contributed by atoms with van der Waals surface area (Å²) in [5.74, 6) is 0.385. The molecule has 1 aromatic heterocycles. The van der Waals surface area contributed by atoms with Gasteiger partial charge in [0.25, 0.3) is 0 Å². The van der Waals surface area contributed by atoms with Gasteiger partial charge in [-0.25, -0.2) is 0 Å². The Hall–Kier alpha value is -0.540. The monoisotopic (exact) mass is 256 g/mol. The molecule has 0 aliphatic carbocycles. The van der Waals surface area contributed by atoms with Crippen molar-refractivity contribution in [1.29, 1.82) is 0 Å². The summed E-state index contributed by atoms with van der Waals surface area (Å²) < 4.78 is 1.16. The molecule has 13 heavy (non-hydrogen) atoms. The number of fused-ring (bicyclic) bond motifs is 1. The number of benzene rings is 1. The second-order valence-electron chi connectivity index (χ2n) is 3.02. The highest BCUT2D eigenvalue weighted by Crippen LogP contribution is 2.33. The molecule has 1 N–H and O–H groups in total. The van der Waals surface area contributed by atoms with Crippen molar-refractivity contribution < 1.29 is 5.11 Å². The lowest BCUT2D eigenvalue weighted by Crippen LogP contribution is -1.75. The van der Waals surface area contributed by atoms with Crippen LogP contribution < -0.4 is 0 Å². The first kappa shape index (κ1) is 9.03. The van der Waals surface area contributed by atoms with Crippen LogP contribution in [-0.2, 0) is 5.33 Å². The van der Waals surface area contributed by atoms with E-state index in [1.807, 2.05) is 12.1 Å². The SMILES string of the molecule is Cc1cc2c(O)cc(CBr)cc2s1. The standard InChI is InChI=1S/C10H9BrOS/c1-6-2-8-9(12)3-7(5-11)4-10(8)13-6/h2-4,12H,5H2,1H3. The van der Waals surface area contributed by atoms with Crippen molar-refractivity contribution in [3.05, 3.63) is 28.6 Å². The molecule has 0 saturated heterocycles. The van der Waals surface area contributed by atoms with Gasteiger partial charge in [-0.2, -0.15) is 0 Å². The lowest BCUT2D eigenvalue weighted by Gasteiger charge is -1.98. The van der Waals surface area contributed by atoms with E-state index >= 15 is 0 Å². The molecule has 2 rings (SSSR count). The van der Waals surface area contributed by atoms with Gasteiger partial charge < -0.3 is 5.11 Å². The fourth-order valence-electron chi connectivity index (χ4n) is 1.38. The Balaban J connectivity index is 2.75. The molecule has 0 aliphatic rings. The van der Waals surface area contributed by atoms with Gasteiger partial charge in [-0.1, -0.05) is 15.9 Å². The minimum atomic E-state index is 0.385. The topological polar surface area (TPSA) is 20.2 Å². The zero-order valence-corrected chi connectivity index (χ0v) is 9.58. The summed E-state index contributed by atoms with van der Waals surface area (Å²) in [4.78, 5) is 1.23. The highest BCUT2D eigenvalue weighted by Gasteiger charge is 2.05. The quantitative estimate of drug-likeness (QED) is 0.770. The smallest absolute Gasteiger partial charge is 0.124 e. The first-order chi connectivity index (χ1) is 6.20. The van der Waals surface area contributed by atoms with Crippen LogP contribution >= 0.6 is 27.3 Å². The minimum Gasteiger partial charge on any atom is -0.507 e. The Kier molecular flexibility index (Phi) is 2.30. The number of aryl methyl sites for hydroxylation is 1. The third-order valence-corrected chi connectivity index (χ3v) is 3.60. The van der Waals surface area contributed by atoms with Gasteiger partial charge in [-0.05, 0) is 30.7 Å². The highest BCUT2D eigenvalue weighted by molar-refractivity contribution is 9.08. The maximum absolute atomic E-state index is 9.68. The predicted octanol–water partition coefficient (Wildman–Crippen LogP) is 3.81. The number of aromatic hydroxyl groups is 1. The maximum Gasteiger partial charge on any atom is 0.124 e. The number of phenols is 1. The summed E-state index contributed by atoms with van der Waals surface area (Å²) in [6.45, 7) is 2.05. The molecule has 0 aliphatic heterocycles. The summed E-state index contributed by atoms with van der Waals surface area (Å²) in [5.41, 5.74) is 1.12. The number of hydrogen-bond acceptors (Lipinski definition) is 2. The second kappa shape index (κ2) is 3.31. The van der Waals surface area contributed by atoms with Crippen LogP contribution in [0.15, 0.2) is 18.2 Å². The average Bonchev–Trinajstić information content (AvgIpc) is 2.46. The first-order valence-corrected chi connectivity index (χ1v) is 5.92. The van der Waals surface area contributed by atoms with E-state index in [0.29, 0.717) is 5.75 Å². The average molecular weight is 257 g/mol. The summed E-state index contributed by atoms with van der Waals surface area (Å²) in [5, 5.41) is 11.4. The van der Waals surface area contributed by atoms with Crippen LogP contribution in [0.5, 0.6) is 5.75 Å². The number of phenolic OH excluding ortho intramolecular Hbond substituents is 1. The van der Waals surface area contributed by atoms with E-state index in [9.17, 15) is 5.11 Å². The van der Waals surface area contributed by atoms with Crippen molar-refractivity contribution in [2.24, 2.45) is 0 Å². The van der Waals surface area contributed by atoms with E-state index in [4.69, 9.17) is 0 Å². The fourth-order valence-corrected chi connectivity index (χ4v) is 2.71. The zero-order chi connectivity index (χ0) is 9.42. The van der Waals surface area contributed by atoms with Crippen LogP contribution in [0, 0.1) is 6.92 Å². The molecule has 2 aromatic rings. The van der Waals surface area contributed by atoms with Crippen molar-refractivity contribution in [2.75, 3.05) is 0 Å². The summed E-state index contributed by atoms with van der Waals surface area (Å²) in [6.07, 6.45) is 0. The Morgan fingerprint density at radius 1 is 1.38 bits per heavy atom. The number of rotatable bonds is 1. The molecule has 0 amide bonds. The molecule has 3 heteroatoms. The molecule has 0 atom stereocenters. The molecule has 0 spiro atoms. The molecule has 0 unspecified atom stereocenters. The largest absolute Gasteiger partial charge is 0.507 e. The van der Waals surface area contributed by atoms with Crippen LogP contribution in [0.1, 0.15) is 10.4 Å². The van der Waals surface area contributed by atoms with Crippen molar-refractivity contribution >= 4 is 37.4 Å². The molecule has 68 valence electrons. The lowest BCUT2D eigenvalue weighted by molar-refractivity contribution is 0.481. The summed E-state index contributed by atoms with van der Waals surface area (Å²) in [6, 6.07) is 5.94. The van der Waals surface area contributed by atoms with Crippen LogP contribution in [0.3, 0.4) is 0 Å². The molecule has 0 radical (unpaired) electrons. The van der Waals surface area contributed by atoms with E-state index < -0.39 is 0 Å². The normalized spacial score (nSPS) is 10.9. The van der Waals surface area contributed by atoms with E-state index in [0.717, 1.165) is 21.0 Å². The molecular formula is C10H9BrOS. The number of halogens is 1. The van der Waals surface area contributed by atoms with Crippen molar-refractivity contribution in [2.45, 2.75) is 12.3 Å². The third-order valence-electron chi connectivity index (χ3n) is 1.95. The van der Waals surface area contributed by atoms with Crippen molar-refractivity contribution in [1.82, 2.24) is 0 Å². The van der Waals surface area contributed by atoms with Gasteiger partial charge in [-0.3, -0.25) is 0 Å². The molecule has 1 nitrogen and oxygen atoms in total. The van der Waals surface area contributed by atoms with E-state index in [-0.39, 0.29) is 0 Å². The Bertz CT molecular complexity index is 447. The highest BCUT2D eigenvalue weighted by atomic mass is 79.9. The number of thiophene rings is 1. The second-order valence-corrected chi connectivity index (χ2v) is 4.87. The number of hydrogen-bond donors (Lipinski definition) is 1. The van der Waals surface area contributed by atoms with Crippen LogP contribution in [0.25, 0.3) is 10.1 Å². The first-order valence-electron chi connectivity index (χ1n) is 3.98. The zero-order valence-electron chi connectivity index (χ0n) is 7.17. The van der Waals surface area contributed by atoms with E-state index in [1.54, 1.807) is 11.3 Å².